The third-order valence-electron chi connectivity index (χ3n) is 5.26. The molecule has 28 heavy (non-hydrogen) atoms. The Bertz CT molecular complexity index is 591. The average Bonchev–Trinajstić information content (AvgIpc) is 3.52. The number of aliphatic imine (C=N–C) groups is 1. The molecule has 2 unspecified atom stereocenters. The first-order chi connectivity index (χ1) is 13.7. The Kier molecular flexibility index (Phi) is 8.58. The quantitative estimate of drug-likeness (QED) is 0.422. The van der Waals surface area contributed by atoms with E-state index in [1.807, 2.05) is 0 Å². The Balaban J connectivity index is 1.43. The van der Waals surface area contributed by atoms with E-state index >= 15 is 0 Å². The number of hydrogen-bond acceptors (Lipinski definition) is 4. The molecule has 0 bridgehead atoms. The maximum Gasteiger partial charge on any atom is 0.191 e. The van der Waals surface area contributed by atoms with Crippen LogP contribution in [0.15, 0.2) is 35.3 Å². The van der Waals surface area contributed by atoms with Crippen LogP contribution in [0.1, 0.15) is 38.2 Å². The van der Waals surface area contributed by atoms with Crippen LogP contribution < -0.4 is 10.6 Å². The normalized spacial score (nSPS) is 22.1. The van der Waals surface area contributed by atoms with Gasteiger partial charge in [-0.3, -0.25) is 9.89 Å². The second kappa shape index (κ2) is 11.4. The molecule has 0 spiro atoms. The van der Waals surface area contributed by atoms with E-state index in [9.17, 15) is 5.11 Å². The van der Waals surface area contributed by atoms with E-state index in [4.69, 9.17) is 4.74 Å². The van der Waals surface area contributed by atoms with Gasteiger partial charge in [-0.25, -0.2) is 0 Å². The topological polar surface area (TPSA) is 69.1 Å². The van der Waals surface area contributed by atoms with Crippen molar-refractivity contribution in [1.82, 2.24) is 15.5 Å². The molecule has 1 saturated carbocycles. The molecule has 1 aromatic rings. The fourth-order valence-corrected chi connectivity index (χ4v) is 3.58. The van der Waals surface area contributed by atoms with Gasteiger partial charge in [-0.05, 0) is 50.6 Å². The number of nitrogens with one attached hydrogen (secondary N) is 2. The number of benzene rings is 1. The number of ether oxygens (including phenoxy) is 1. The smallest absolute Gasteiger partial charge is 0.191 e. The summed E-state index contributed by atoms with van der Waals surface area (Å²) in [6.45, 7) is 7.51. The van der Waals surface area contributed by atoms with Gasteiger partial charge in [0.1, 0.15) is 0 Å². The van der Waals surface area contributed by atoms with Gasteiger partial charge in [-0.1, -0.05) is 30.3 Å². The Morgan fingerprint density at radius 1 is 1.29 bits per heavy atom. The van der Waals surface area contributed by atoms with E-state index in [0.717, 1.165) is 51.1 Å². The zero-order valence-electron chi connectivity index (χ0n) is 17.1. The summed E-state index contributed by atoms with van der Waals surface area (Å²) < 4.78 is 5.57. The summed E-state index contributed by atoms with van der Waals surface area (Å²) in [6.07, 6.45) is 4.32. The van der Waals surface area contributed by atoms with Gasteiger partial charge in [-0.15, -0.1) is 0 Å². The van der Waals surface area contributed by atoms with Crippen LogP contribution in [0.25, 0.3) is 0 Å². The molecule has 0 amide bonds. The monoisotopic (exact) mass is 388 g/mol. The Morgan fingerprint density at radius 3 is 2.86 bits per heavy atom. The van der Waals surface area contributed by atoms with Crippen LogP contribution in [-0.2, 0) is 11.3 Å². The number of rotatable bonds is 10. The molecule has 1 heterocycles. The van der Waals surface area contributed by atoms with E-state index < -0.39 is 6.10 Å². The van der Waals surface area contributed by atoms with Crippen LogP contribution in [0.5, 0.6) is 0 Å². The largest absolute Gasteiger partial charge is 0.389 e. The molecule has 1 aliphatic heterocycles. The molecule has 0 radical (unpaired) electrons. The van der Waals surface area contributed by atoms with Crippen LogP contribution in [0.3, 0.4) is 0 Å². The molecule has 6 nitrogen and oxygen atoms in total. The van der Waals surface area contributed by atoms with Gasteiger partial charge in [0.15, 0.2) is 5.96 Å². The van der Waals surface area contributed by atoms with Crippen molar-refractivity contribution < 1.29 is 9.84 Å². The molecule has 1 aliphatic carbocycles. The molecule has 2 aliphatic rings. The van der Waals surface area contributed by atoms with Crippen LogP contribution in [0.4, 0.5) is 0 Å². The van der Waals surface area contributed by atoms with E-state index in [1.165, 1.54) is 24.8 Å². The highest BCUT2D eigenvalue weighted by Crippen LogP contribution is 2.28. The van der Waals surface area contributed by atoms with Crippen molar-refractivity contribution in [1.29, 1.82) is 0 Å². The SMILES string of the molecule is CCNC(=NCC(O)COCC1CC1)NC1CCCN(Cc2ccccc2)C1. The van der Waals surface area contributed by atoms with Gasteiger partial charge in [-0.2, -0.15) is 0 Å². The third-order valence-corrected chi connectivity index (χ3v) is 5.26. The van der Waals surface area contributed by atoms with Crippen molar-refractivity contribution in [2.75, 3.05) is 39.4 Å². The molecule has 6 heteroatoms. The second-order valence-electron chi connectivity index (χ2n) is 8.06. The fourth-order valence-electron chi connectivity index (χ4n) is 3.58. The van der Waals surface area contributed by atoms with Gasteiger partial charge in [0, 0.05) is 32.3 Å². The minimum atomic E-state index is -0.546. The molecule has 2 atom stereocenters. The predicted molar refractivity (Wildman–Crippen MR) is 113 cm³/mol. The highest BCUT2D eigenvalue weighted by atomic mass is 16.5. The number of aliphatic hydroxyl groups excluding tert-OH is 1. The van der Waals surface area contributed by atoms with Crippen LogP contribution in [0, 0.1) is 5.92 Å². The maximum absolute atomic E-state index is 10.1. The maximum atomic E-state index is 10.1. The lowest BCUT2D eigenvalue weighted by molar-refractivity contribution is 0.0368. The van der Waals surface area contributed by atoms with E-state index in [0.29, 0.717) is 19.2 Å². The number of guanidine groups is 1. The average molecular weight is 389 g/mol. The highest BCUT2D eigenvalue weighted by molar-refractivity contribution is 5.80. The van der Waals surface area contributed by atoms with Crippen LogP contribution in [-0.4, -0.2) is 67.5 Å². The van der Waals surface area contributed by atoms with Gasteiger partial charge in [0.2, 0.25) is 0 Å². The highest BCUT2D eigenvalue weighted by Gasteiger charge is 2.22. The first-order valence-electron chi connectivity index (χ1n) is 10.8. The lowest BCUT2D eigenvalue weighted by Gasteiger charge is -2.34. The Hall–Kier alpha value is -1.63. The van der Waals surface area contributed by atoms with Gasteiger partial charge in [0.25, 0.3) is 0 Å². The van der Waals surface area contributed by atoms with E-state index in [1.54, 1.807) is 0 Å². The minimum absolute atomic E-state index is 0.362. The molecule has 3 N–H and O–H groups in total. The summed E-state index contributed by atoms with van der Waals surface area (Å²) in [6, 6.07) is 11.0. The molecular formula is C22H36N4O2. The van der Waals surface area contributed by atoms with Crippen molar-refractivity contribution in [3.8, 4) is 0 Å². The summed E-state index contributed by atoms with van der Waals surface area (Å²) in [5.41, 5.74) is 1.36. The van der Waals surface area contributed by atoms with Gasteiger partial charge >= 0.3 is 0 Å². The minimum Gasteiger partial charge on any atom is -0.389 e. The van der Waals surface area contributed by atoms with Crippen molar-refractivity contribution in [2.45, 2.75) is 51.3 Å². The zero-order valence-corrected chi connectivity index (χ0v) is 17.1. The predicted octanol–water partition coefficient (Wildman–Crippen LogP) is 1.99. The van der Waals surface area contributed by atoms with E-state index in [-0.39, 0.29) is 0 Å². The van der Waals surface area contributed by atoms with E-state index in [2.05, 4.69) is 57.8 Å². The van der Waals surface area contributed by atoms with Crippen LogP contribution >= 0.6 is 0 Å². The number of hydrogen-bond donors (Lipinski definition) is 3. The fraction of sp³-hybridized carbons (Fsp3) is 0.682. The summed E-state index contributed by atoms with van der Waals surface area (Å²) in [5, 5.41) is 17.0. The van der Waals surface area contributed by atoms with Gasteiger partial charge < -0.3 is 20.5 Å². The standard InChI is InChI=1S/C22H36N4O2/c1-2-23-22(24-13-21(27)17-28-16-19-10-11-19)25-20-9-6-12-26(15-20)14-18-7-4-3-5-8-18/h3-5,7-8,19-21,27H,2,6,9-17H2,1H3,(H2,23,24,25). The molecular weight excluding hydrogens is 352 g/mol. The second-order valence-corrected chi connectivity index (χ2v) is 8.06. The Labute approximate surface area is 169 Å². The lowest BCUT2D eigenvalue weighted by atomic mass is 10.0. The zero-order chi connectivity index (χ0) is 19.6. The number of aliphatic hydroxyl groups is 1. The summed E-state index contributed by atoms with van der Waals surface area (Å²) in [5.74, 6) is 1.51. The summed E-state index contributed by atoms with van der Waals surface area (Å²) in [7, 11) is 0. The molecule has 1 aromatic carbocycles. The molecule has 0 aromatic heterocycles. The van der Waals surface area contributed by atoms with Crippen molar-refractivity contribution >= 4 is 5.96 Å². The number of nitrogens with zero attached hydrogens (tertiary/aromatic N) is 2. The first-order valence-corrected chi connectivity index (χ1v) is 10.8. The third kappa shape index (κ3) is 7.78. The van der Waals surface area contributed by atoms with Gasteiger partial charge in [0.05, 0.1) is 19.3 Å². The molecule has 1 saturated heterocycles. The van der Waals surface area contributed by atoms with Crippen molar-refractivity contribution in [3.05, 3.63) is 35.9 Å². The Morgan fingerprint density at radius 2 is 2.11 bits per heavy atom. The first kappa shape index (κ1) is 21.1. The molecule has 3 rings (SSSR count). The molecule has 2 fully saturated rings. The number of likely N-dealkylation sites (tertiary alicyclic amines) is 1. The van der Waals surface area contributed by atoms with Crippen LogP contribution in [0.2, 0.25) is 0 Å². The van der Waals surface area contributed by atoms with Crippen molar-refractivity contribution in [3.63, 3.8) is 0 Å². The summed E-state index contributed by atoms with van der Waals surface area (Å²) in [4.78, 5) is 7.08. The number of piperidine rings is 1. The molecule has 156 valence electrons. The summed E-state index contributed by atoms with van der Waals surface area (Å²) >= 11 is 0. The van der Waals surface area contributed by atoms with Crippen molar-refractivity contribution in [2.24, 2.45) is 10.9 Å². The lowest BCUT2D eigenvalue weighted by Crippen LogP contribution is -2.51.